The van der Waals surface area contributed by atoms with Gasteiger partial charge in [0.2, 0.25) is 6.79 Å². The van der Waals surface area contributed by atoms with Crippen LogP contribution in [0, 0.1) is 0 Å². The number of pyridine rings is 1. The summed E-state index contributed by atoms with van der Waals surface area (Å²) in [6, 6.07) is 14.0. The average molecular weight is 398 g/mol. The molecule has 0 spiro atoms. The van der Waals surface area contributed by atoms with Gasteiger partial charge in [-0.1, -0.05) is 0 Å². The van der Waals surface area contributed by atoms with Crippen LogP contribution in [-0.4, -0.2) is 38.5 Å². The van der Waals surface area contributed by atoms with Gasteiger partial charge in [0, 0.05) is 36.1 Å². The van der Waals surface area contributed by atoms with E-state index in [1.807, 2.05) is 48.8 Å². The highest BCUT2D eigenvalue weighted by Gasteiger charge is 2.19. The molecular formula is C22H18N6O2. The molecule has 1 aliphatic rings. The number of aromatic amines is 2. The highest BCUT2D eigenvalue weighted by Crippen LogP contribution is 2.38. The first kappa shape index (κ1) is 16.8. The van der Waals surface area contributed by atoms with Gasteiger partial charge in [0.05, 0.1) is 16.6 Å². The molecule has 5 aromatic rings. The van der Waals surface area contributed by atoms with E-state index < -0.39 is 0 Å². The first-order chi connectivity index (χ1) is 14.8. The van der Waals surface area contributed by atoms with Crippen molar-refractivity contribution in [1.29, 1.82) is 0 Å². The summed E-state index contributed by atoms with van der Waals surface area (Å²) in [5.41, 5.74) is 5.79. The molecule has 30 heavy (non-hydrogen) atoms. The van der Waals surface area contributed by atoms with E-state index >= 15 is 0 Å². The Morgan fingerprint density at radius 2 is 1.83 bits per heavy atom. The van der Waals surface area contributed by atoms with E-state index in [4.69, 9.17) is 14.5 Å². The largest absolute Gasteiger partial charge is 0.454 e. The fraction of sp³-hybridized carbons (Fsp3) is 0.136. The maximum Gasteiger partial charge on any atom is 0.231 e. The van der Waals surface area contributed by atoms with Crippen molar-refractivity contribution in [1.82, 2.24) is 25.1 Å². The van der Waals surface area contributed by atoms with Gasteiger partial charge < -0.3 is 19.8 Å². The van der Waals surface area contributed by atoms with E-state index in [0.717, 1.165) is 57.8 Å². The molecule has 0 unspecified atom stereocenters. The fourth-order valence-electron chi connectivity index (χ4n) is 3.72. The molecule has 3 N–H and O–H groups in total. The van der Waals surface area contributed by atoms with Crippen LogP contribution in [0.5, 0.6) is 11.5 Å². The normalized spacial score (nSPS) is 12.7. The summed E-state index contributed by atoms with van der Waals surface area (Å²) in [6.07, 6.45) is 4.57. The van der Waals surface area contributed by atoms with Crippen molar-refractivity contribution in [3.05, 3.63) is 60.4 Å². The number of aromatic nitrogens is 5. The summed E-state index contributed by atoms with van der Waals surface area (Å²) < 4.78 is 10.9. The number of imidazole rings is 1. The molecule has 148 valence electrons. The summed E-state index contributed by atoms with van der Waals surface area (Å²) in [7, 11) is 0. The van der Waals surface area contributed by atoms with Crippen molar-refractivity contribution in [2.45, 2.75) is 6.42 Å². The number of anilines is 1. The van der Waals surface area contributed by atoms with Crippen molar-refractivity contribution >= 4 is 27.6 Å². The van der Waals surface area contributed by atoms with Gasteiger partial charge in [-0.2, -0.15) is 5.10 Å². The molecule has 6 rings (SSSR count). The van der Waals surface area contributed by atoms with Crippen molar-refractivity contribution in [3.63, 3.8) is 0 Å². The van der Waals surface area contributed by atoms with Gasteiger partial charge in [0.25, 0.3) is 0 Å². The second-order valence-corrected chi connectivity index (χ2v) is 7.17. The van der Waals surface area contributed by atoms with Gasteiger partial charge in [-0.05, 0) is 48.4 Å². The molecule has 0 saturated heterocycles. The molecule has 4 heterocycles. The zero-order chi connectivity index (χ0) is 19.9. The summed E-state index contributed by atoms with van der Waals surface area (Å²) in [4.78, 5) is 12.2. The minimum absolute atomic E-state index is 0.242. The maximum absolute atomic E-state index is 5.50. The van der Waals surface area contributed by atoms with E-state index in [1.54, 1.807) is 0 Å². The molecule has 8 heteroatoms. The number of nitrogens with zero attached hydrogens (tertiary/aromatic N) is 3. The van der Waals surface area contributed by atoms with Gasteiger partial charge in [0.15, 0.2) is 17.3 Å². The molecule has 8 nitrogen and oxygen atoms in total. The molecule has 0 amide bonds. The SMILES string of the molecule is c1cc(CCNc2ccc3nc(-c4n[nH]c5cc6c(cc45)OCO6)[nH]c3c2)ccn1. The Bertz CT molecular complexity index is 1360. The van der Waals surface area contributed by atoms with Gasteiger partial charge >= 0.3 is 0 Å². The second-order valence-electron chi connectivity index (χ2n) is 7.17. The molecule has 0 atom stereocenters. The van der Waals surface area contributed by atoms with Crippen LogP contribution in [-0.2, 0) is 6.42 Å². The quantitative estimate of drug-likeness (QED) is 0.415. The lowest BCUT2D eigenvalue weighted by Gasteiger charge is -2.06. The monoisotopic (exact) mass is 398 g/mol. The Morgan fingerprint density at radius 3 is 2.73 bits per heavy atom. The Morgan fingerprint density at radius 1 is 0.967 bits per heavy atom. The third kappa shape index (κ3) is 2.89. The van der Waals surface area contributed by atoms with Gasteiger partial charge in [-0.25, -0.2) is 4.98 Å². The van der Waals surface area contributed by atoms with Crippen LogP contribution in [0.3, 0.4) is 0 Å². The Kier molecular flexibility index (Phi) is 3.80. The summed E-state index contributed by atoms with van der Waals surface area (Å²) in [5, 5.41) is 11.9. The zero-order valence-electron chi connectivity index (χ0n) is 16.0. The van der Waals surface area contributed by atoms with E-state index in [2.05, 4.69) is 31.5 Å². The summed E-state index contributed by atoms with van der Waals surface area (Å²) in [5.74, 6) is 2.16. The average Bonchev–Trinajstić information content (AvgIpc) is 3.49. The lowest BCUT2D eigenvalue weighted by molar-refractivity contribution is 0.174. The Balaban J connectivity index is 1.27. The standard InChI is InChI=1S/C22H18N6O2/c1-2-16-18(9-14(1)24-8-5-13-3-6-23-7-4-13)26-22(25-16)21-15-10-19-20(30-12-29-19)11-17(15)27-28-21/h1-4,6-7,9-11,24H,5,8,12H2,(H,25,26)(H,27,28). The molecule has 0 bridgehead atoms. The number of nitrogens with one attached hydrogen (secondary N) is 3. The molecule has 0 saturated carbocycles. The number of hydrogen-bond donors (Lipinski definition) is 3. The lowest BCUT2D eigenvalue weighted by atomic mass is 10.2. The van der Waals surface area contributed by atoms with Crippen LogP contribution < -0.4 is 14.8 Å². The second kappa shape index (κ2) is 6.77. The predicted octanol–water partition coefficient (Wildman–Crippen LogP) is 3.88. The van der Waals surface area contributed by atoms with Gasteiger partial charge in [-0.15, -0.1) is 0 Å². The number of rotatable bonds is 5. The first-order valence-corrected chi connectivity index (χ1v) is 9.74. The number of benzene rings is 2. The Hall–Kier alpha value is -4.07. The van der Waals surface area contributed by atoms with E-state index in [-0.39, 0.29) is 6.79 Å². The summed E-state index contributed by atoms with van der Waals surface area (Å²) >= 11 is 0. The van der Waals surface area contributed by atoms with Gasteiger partial charge in [0.1, 0.15) is 5.69 Å². The van der Waals surface area contributed by atoms with Crippen LogP contribution in [0.2, 0.25) is 0 Å². The molecule has 1 aliphatic heterocycles. The number of H-pyrrole nitrogens is 2. The van der Waals surface area contributed by atoms with Crippen molar-refractivity contribution < 1.29 is 9.47 Å². The third-order valence-electron chi connectivity index (χ3n) is 5.25. The number of hydrogen-bond acceptors (Lipinski definition) is 6. The third-order valence-corrected chi connectivity index (χ3v) is 5.25. The number of fused-ring (bicyclic) bond motifs is 3. The topological polar surface area (TPSA) is 101 Å². The van der Waals surface area contributed by atoms with Crippen LogP contribution in [0.4, 0.5) is 5.69 Å². The molecule has 2 aromatic carbocycles. The zero-order valence-corrected chi connectivity index (χ0v) is 16.0. The minimum atomic E-state index is 0.242. The van der Waals surface area contributed by atoms with Crippen molar-refractivity contribution in [2.75, 3.05) is 18.7 Å². The van der Waals surface area contributed by atoms with E-state index in [0.29, 0.717) is 5.82 Å². The fourth-order valence-corrected chi connectivity index (χ4v) is 3.72. The highest BCUT2D eigenvalue weighted by atomic mass is 16.7. The summed E-state index contributed by atoms with van der Waals surface area (Å²) in [6.45, 7) is 1.08. The van der Waals surface area contributed by atoms with Crippen LogP contribution in [0.25, 0.3) is 33.5 Å². The highest BCUT2D eigenvalue weighted by molar-refractivity contribution is 5.95. The van der Waals surface area contributed by atoms with Crippen molar-refractivity contribution in [2.24, 2.45) is 0 Å². The molecule has 3 aromatic heterocycles. The first-order valence-electron chi connectivity index (χ1n) is 9.74. The van der Waals surface area contributed by atoms with Gasteiger partial charge in [-0.3, -0.25) is 10.1 Å². The smallest absolute Gasteiger partial charge is 0.231 e. The minimum Gasteiger partial charge on any atom is -0.454 e. The molecular weight excluding hydrogens is 380 g/mol. The molecule has 0 fully saturated rings. The molecule has 0 aliphatic carbocycles. The Labute approximate surface area is 171 Å². The maximum atomic E-state index is 5.50. The van der Waals surface area contributed by atoms with Crippen LogP contribution in [0.1, 0.15) is 5.56 Å². The van der Waals surface area contributed by atoms with Crippen molar-refractivity contribution in [3.8, 4) is 23.0 Å². The van der Waals surface area contributed by atoms with Crippen LogP contribution >= 0.6 is 0 Å². The van der Waals surface area contributed by atoms with E-state index in [9.17, 15) is 0 Å². The van der Waals surface area contributed by atoms with E-state index in [1.165, 1.54) is 5.56 Å². The number of ether oxygens (including phenoxy) is 2. The van der Waals surface area contributed by atoms with Crippen LogP contribution in [0.15, 0.2) is 54.9 Å². The molecule has 0 radical (unpaired) electrons. The predicted molar refractivity (Wildman–Crippen MR) is 114 cm³/mol. The lowest BCUT2D eigenvalue weighted by Crippen LogP contribution is -2.04.